The Morgan fingerprint density at radius 1 is 1.21 bits per heavy atom. The lowest BCUT2D eigenvalue weighted by Crippen LogP contribution is -2.40. The van der Waals surface area contributed by atoms with Crippen molar-refractivity contribution < 1.29 is 19.1 Å². The van der Waals surface area contributed by atoms with Crippen LogP contribution in [0.1, 0.15) is 37.0 Å². The zero-order chi connectivity index (χ0) is 17.5. The summed E-state index contributed by atoms with van der Waals surface area (Å²) in [5.74, 6) is -0.172. The van der Waals surface area contributed by atoms with Crippen LogP contribution in [0.25, 0.3) is 0 Å². The van der Waals surface area contributed by atoms with Gasteiger partial charge in [0.25, 0.3) is 0 Å². The van der Waals surface area contributed by atoms with Gasteiger partial charge in [-0.2, -0.15) is 0 Å². The molecule has 6 nitrogen and oxygen atoms in total. The molecule has 1 N–H and O–H groups in total. The van der Waals surface area contributed by atoms with Crippen LogP contribution in [-0.2, 0) is 14.3 Å². The van der Waals surface area contributed by atoms with Crippen molar-refractivity contribution in [3.63, 3.8) is 0 Å². The summed E-state index contributed by atoms with van der Waals surface area (Å²) in [6.07, 6.45) is 1.48. The minimum Gasteiger partial charge on any atom is -0.381 e. The highest BCUT2D eigenvalue weighted by Crippen LogP contribution is 2.17. The van der Waals surface area contributed by atoms with Gasteiger partial charge >= 0.3 is 0 Å². The molecule has 0 aromatic heterocycles. The number of hydrogen-bond acceptors (Lipinski definition) is 4. The smallest absolute Gasteiger partial charge is 0.223 e. The summed E-state index contributed by atoms with van der Waals surface area (Å²) in [6.45, 7) is 4.95. The molecule has 2 rings (SSSR count). The van der Waals surface area contributed by atoms with Crippen molar-refractivity contribution in [3.05, 3.63) is 29.8 Å². The molecule has 0 unspecified atom stereocenters. The fourth-order valence-corrected chi connectivity index (χ4v) is 2.76. The predicted octanol–water partition coefficient (Wildman–Crippen LogP) is 1.78. The molecule has 1 aromatic rings. The van der Waals surface area contributed by atoms with Crippen LogP contribution in [0.5, 0.6) is 0 Å². The normalized spacial score (nSPS) is 14.9. The van der Waals surface area contributed by atoms with Gasteiger partial charge in [-0.3, -0.25) is 14.4 Å². The first-order valence-corrected chi connectivity index (χ1v) is 8.23. The molecule has 0 saturated carbocycles. The summed E-state index contributed by atoms with van der Waals surface area (Å²) in [5, 5.41) is 2.89. The molecule has 0 atom stereocenters. The summed E-state index contributed by atoms with van der Waals surface area (Å²) >= 11 is 0. The monoisotopic (exact) mass is 332 g/mol. The van der Waals surface area contributed by atoms with Crippen molar-refractivity contribution in [2.45, 2.75) is 26.7 Å². The lowest BCUT2D eigenvalue weighted by atomic mass is 9.99. The number of Topliss-reactive ketones (excluding diaryl/α,β-unsaturated/α-hetero) is 1. The van der Waals surface area contributed by atoms with E-state index in [9.17, 15) is 14.4 Å². The molecule has 0 aliphatic carbocycles. The summed E-state index contributed by atoms with van der Waals surface area (Å²) in [6, 6.07) is 6.96. The largest absolute Gasteiger partial charge is 0.381 e. The van der Waals surface area contributed by atoms with Gasteiger partial charge in [-0.25, -0.2) is 0 Å². The van der Waals surface area contributed by atoms with Crippen LogP contribution in [0, 0.1) is 5.92 Å². The molecule has 0 bridgehead atoms. The minimum absolute atomic E-state index is 0.00873. The molecule has 24 heavy (non-hydrogen) atoms. The SMILES string of the molecule is CC(=O)c1cccc(N(CCNC(=O)C2CCOCC2)C(C)=O)c1. The summed E-state index contributed by atoms with van der Waals surface area (Å²) in [7, 11) is 0. The number of carbonyl (C=O) groups excluding carboxylic acids is 3. The highest BCUT2D eigenvalue weighted by atomic mass is 16.5. The lowest BCUT2D eigenvalue weighted by Gasteiger charge is -2.24. The number of amides is 2. The van der Waals surface area contributed by atoms with E-state index in [0.29, 0.717) is 37.6 Å². The Bertz CT molecular complexity index is 609. The van der Waals surface area contributed by atoms with Crippen molar-refractivity contribution in [1.29, 1.82) is 0 Å². The van der Waals surface area contributed by atoms with Crippen molar-refractivity contribution >= 4 is 23.3 Å². The fraction of sp³-hybridized carbons (Fsp3) is 0.500. The van der Waals surface area contributed by atoms with E-state index in [1.165, 1.54) is 13.8 Å². The minimum atomic E-state index is -0.129. The maximum Gasteiger partial charge on any atom is 0.223 e. The van der Waals surface area contributed by atoms with Gasteiger partial charge in [0.05, 0.1) is 0 Å². The number of ether oxygens (including phenoxy) is 1. The molecule has 1 fully saturated rings. The molecule has 0 radical (unpaired) electrons. The fourth-order valence-electron chi connectivity index (χ4n) is 2.76. The molecule has 1 saturated heterocycles. The second-order valence-electron chi connectivity index (χ2n) is 5.95. The molecule has 1 heterocycles. The van der Waals surface area contributed by atoms with E-state index < -0.39 is 0 Å². The molecular formula is C18H24N2O4. The first-order chi connectivity index (χ1) is 11.5. The van der Waals surface area contributed by atoms with Gasteiger partial charge in [0.1, 0.15) is 0 Å². The zero-order valence-corrected chi connectivity index (χ0v) is 14.2. The average Bonchev–Trinajstić information content (AvgIpc) is 2.59. The van der Waals surface area contributed by atoms with E-state index in [2.05, 4.69) is 5.32 Å². The molecule has 1 aromatic carbocycles. The molecule has 0 spiro atoms. The van der Waals surface area contributed by atoms with Crippen molar-refractivity contribution in [3.8, 4) is 0 Å². The third-order valence-electron chi connectivity index (χ3n) is 4.17. The van der Waals surface area contributed by atoms with E-state index >= 15 is 0 Å². The van der Waals surface area contributed by atoms with Crippen molar-refractivity contribution in [1.82, 2.24) is 5.32 Å². The Kier molecular flexibility index (Phi) is 6.49. The number of carbonyl (C=O) groups is 3. The number of ketones is 1. The quantitative estimate of drug-likeness (QED) is 0.806. The van der Waals surface area contributed by atoms with Crippen LogP contribution in [0.3, 0.4) is 0 Å². The number of hydrogen-bond donors (Lipinski definition) is 1. The first-order valence-electron chi connectivity index (χ1n) is 8.23. The summed E-state index contributed by atoms with van der Waals surface area (Å²) in [5.41, 5.74) is 1.22. The van der Waals surface area contributed by atoms with Gasteiger partial charge < -0.3 is 15.0 Å². The van der Waals surface area contributed by atoms with Crippen LogP contribution in [0.15, 0.2) is 24.3 Å². The molecule has 6 heteroatoms. The maximum atomic E-state index is 12.1. The third-order valence-corrected chi connectivity index (χ3v) is 4.17. The van der Waals surface area contributed by atoms with Gasteiger partial charge in [0, 0.05) is 50.4 Å². The number of nitrogens with one attached hydrogen (secondary N) is 1. The molecule has 130 valence electrons. The average molecular weight is 332 g/mol. The number of rotatable bonds is 6. The summed E-state index contributed by atoms with van der Waals surface area (Å²) in [4.78, 5) is 37.1. The Labute approximate surface area is 142 Å². The van der Waals surface area contributed by atoms with Crippen LogP contribution in [0.4, 0.5) is 5.69 Å². The third kappa shape index (κ3) is 4.89. The number of anilines is 1. The standard InChI is InChI=1S/C18H24N2O4/c1-13(21)16-4-3-5-17(12-16)20(14(2)22)9-8-19-18(23)15-6-10-24-11-7-15/h3-5,12,15H,6-11H2,1-2H3,(H,19,23). The summed E-state index contributed by atoms with van der Waals surface area (Å²) < 4.78 is 5.25. The Morgan fingerprint density at radius 2 is 1.92 bits per heavy atom. The highest BCUT2D eigenvalue weighted by molar-refractivity contribution is 5.97. The van der Waals surface area contributed by atoms with E-state index in [-0.39, 0.29) is 23.5 Å². The van der Waals surface area contributed by atoms with Gasteiger partial charge in [0.2, 0.25) is 11.8 Å². The number of nitrogens with zero attached hydrogens (tertiary/aromatic N) is 1. The molecule has 2 amide bonds. The van der Waals surface area contributed by atoms with Gasteiger partial charge in [0.15, 0.2) is 5.78 Å². The Balaban J connectivity index is 1.94. The predicted molar refractivity (Wildman–Crippen MR) is 91.0 cm³/mol. The Hall–Kier alpha value is -2.21. The van der Waals surface area contributed by atoms with Crippen LogP contribution in [-0.4, -0.2) is 43.9 Å². The number of benzene rings is 1. The molecule has 1 aliphatic heterocycles. The highest BCUT2D eigenvalue weighted by Gasteiger charge is 2.21. The van der Waals surface area contributed by atoms with Crippen molar-refractivity contribution in [2.24, 2.45) is 5.92 Å². The lowest BCUT2D eigenvalue weighted by molar-refractivity contribution is -0.128. The van der Waals surface area contributed by atoms with Gasteiger partial charge in [-0.15, -0.1) is 0 Å². The second-order valence-corrected chi connectivity index (χ2v) is 5.95. The van der Waals surface area contributed by atoms with Crippen molar-refractivity contribution in [2.75, 3.05) is 31.2 Å². The van der Waals surface area contributed by atoms with E-state index in [0.717, 1.165) is 12.8 Å². The molecular weight excluding hydrogens is 308 g/mol. The second kappa shape index (κ2) is 8.59. The Morgan fingerprint density at radius 3 is 2.54 bits per heavy atom. The topological polar surface area (TPSA) is 75.7 Å². The van der Waals surface area contributed by atoms with Crippen LogP contribution in [0.2, 0.25) is 0 Å². The van der Waals surface area contributed by atoms with Gasteiger partial charge in [-0.05, 0) is 31.9 Å². The van der Waals surface area contributed by atoms with Crippen LogP contribution >= 0.6 is 0 Å². The van der Waals surface area contributed by atoms with Crippen LogP contribution < -0.4 is 10.2 Å². The van der Waals surface area contributed by atoms with E-state index in [4.69, 9.17) is 4.74 Å². The maximum absolute atomic E-state index is 12.1. The van der Waals surface area contributed by atoms with E-state index in [1.54, 1.807) is 29.2 Å². The molecule has 1 aliphatic rings. The van der Waals surface area contributed by atoms with E-state index in [1.807, 2.05) is 0 Å². The van der Waals surface area contributed by atoms with Gasteiger partial charge in [-0.1, -0.05) is 12.1 Å². The first kappa shape index (κ1) is 18.1. The zero-order valence-electron chi connectivity index (χ0n) is 14.2.